The van der Waals surface area contributed by atoms with E-state index in [0.29, 0.717) is 5.41 Å². The summed E-state index contributed by atoms with van der Waals surface area (Å²) in [6, 6.07) is 0. The third-order valence-electron chi connectivity index (χ3n) is 2.62. The van der Waals surface area contributed by atoms with E-state index in [0.717, 1.165) is 0 Å². The van der Waals surface area contributed by atoms with Crippen LogP contribution in [0.1, 0.15) is 53.9 Å². The topological polar surface area (TPSA) is 0 Å². The smallest absolute Gasteiger partial charge is 0.0147 e. The van der Waals surface area contributed by atoms with Gasteiger partial charge < -0.3 is 0 Å². The van der Waals surface area contributed by atoms with E-state index in [-0.39, 0.29) is 0 Å². The van der Waals surface area contributed by atoms with Gasteiger partial charge in [-0.15, -0.1) is 0 Å². The van der Waals surface area contributed by atoms with E-state index in [1.807, 2.05) is 0 Å². The van der Waals surface area contributed by atoms with E-state index >= 15 is 0 Å². The third-order valence-corrected chi connectivity index (χ3v) is 2.62. The Labute approximate surface area is 71.7 Å². The van der Waals surface area contributed by atoms with Gasteiger partial charge in [0.1, 0.15) is 0 Å². The van der Waals surface area contributed by atoms with Crippen molar-refractivity contribution in [3.05, 3.63) is 11.6 Å². The van der Waals surface area contributed by atoms with Crippen LogP contribution in [0.15, 0.2) is 11.6 Å². The summed E-state index contributed by atoms with van der Waals surface area (Å²) in [5.74, 6) is 0. The monoisotopic (exact) mass is 154 g/mol. The highest BCUT2D eigenvalue weighted by atomic mass is 14.2. The van der Waals surface area contributed by atoms with Crippen LogP contribution < -0.4 is 0 Å². The van der Waals surface area contributed by atoms with Crippen molar-refractivity contribution in [1.82, 2.24) is 0 Å². The largest absolute Gasteiger partial charge is 0.0879 e. The Bertz CT molecular complexity index is 129. The number of allylic oxidation sites excluding steroid dienone is 2. The summed E-state index contributed by atoms with van der Waals surface area (Å²) in [4.78, 5) is 0. The Morgan fingerprint density at radius 2 is 1.82 bits per heavy atom. The summed E-state index contributed by atoms with van der Waals surface area (Å²) in [5.41, 5.74) is 2.03. The molecule has 66 valence electrons. The summed E-state index contributed by atoms with van der Waals surface area (Å²) in [6.45, 7) is 11.3. The van der Waals surface area contributed by atoms with Crippen LogP contribution in [0.3, 0.4) is 0 Å². The second-order valence-electron chi connectivity index (χ2n) is 3.80. The Balaban J connectivity index is 4.25. The van der Waals surface area contributed by atoms with Crippen LogP contribution in [0.4, 0.5) is 0 Å². The van der Waals surface area contributed by atoms with E-state index in [9.17, 15) is 0 Å². The summed E-state index contributed by atoms with van der Waals surface area (Å²) in [5, 5.41) is 0. The standard InChI is InChI=1S/C11H22/c1-6-9-10(7-2)11(4,5)8-3/h7H,6,8-9H2,1-5H3. The minimum atomic E-state index is 0.421. The van der Waals surface area contributed by atoms with Crippen molar-refractivity contribution in [2.24, 2.45) is 5.41 Å². The van der Waals surface area contributed by atoms with Crippen molar-refractivity contribution in [2.45, 2.75) is 53.9 Å². The van der Waals surface area contributed by atoms with Crippen molar-refractivity contribution in [1.29, 1.82) is 0 Å². The first-order valence-corrected chi connectivity index (χ1v) is 4.74. The van der Waals surface area contributed by atoms with Gasteiger partial charge >= 0.3 is 0 Å². The van der Waals surface area contributed by atoms with Gasteiger partial charge in [-0.25, -0.2) is 0 Å². The van der Waals surface area contributed by atoms with Crippen LogP contribution in [-0.4, -0.2) is 0 Å². The second kappa shape index (κ2) is 4.58. The summed E-state index contributed by atoms with van der Waals surface area (Å²) >= 11 is 0. The molecule has 0 rings (SSSR count). The molecule has 0 aromatic heterocycles. The first kappa shape index (κ1) is 10.7. The SMILES string of the molecule is CC=C(CCC)C(C)(C)CC. The molecule has 0 atom stereocenters. The van der Waals surface area contributed by atoms with Gasteiger partial charge in [0.2, 0.25) is 0 Å². The normalized spacial score (nSPS) is 13.7. The van der Waals surface area contributed by atoms with E-state index in [2.05, 4.69) is 40.7 Å². The molecule has 0 amide bonds. The van der Waals surface area contributed by atoms with Crippen LogP contribution in [0.2, 0.25) is 0 Å². The van der Waals surface area contributed by atoms with Crippen molar-refractivity contribution in [2.75, 3.05) is 0 Å². The fraction of sp³-hybridized carbons (Fsp3) is 0.818. The molecule has 0 saturated carbocycles. The van der Waals surface area contributed by atoms with Crippen LogP contribution in [0.25, 0.3) is 0 Å². The molecule has 0 spiro atoms. The Morgan fingerprint density at radius 3 is 2.09 bits per heavy atom. The van der Waals surface area contributed by atoms with Gasteiger partial charge in [0, 0.05) is 0 Å². The second-order valence-corrected chi connectivity index (χ2v) is 3.80. The molecule has 0 saturated heterocycles. The third kappa shape index (κ3) is 3.09. The van der Waals surface area contributed by atoms with E-state index in [1.54, 1.807) is 5.57 Å². The molecule has 0 aromatic rings. The highest BCUT2D eigenvalue weighted by molar-refractivity contribution is 5.10. The highest BCUT2D eigenvalue weighted by Crippen LogP contribution is 2.32. The lowest BCUT2D eigenvalue weighted by atomic mass is 9.79. The van der Waals surface area contributed by atoms with Gasteiger partial charge in [0.15, 0.2) is 0 Å². The zero-order chi connectivity index (χ0) is 8.91. The van der Waals surface area contributed by atoms with Crippen LogP contribution in [0, 0.1) is 5.41 Å². The maximum absolute atomic E-state index is 2.33. The van der Waals surface area contributed by atoms with Gasteiger partial charge in [0.25, 0.3) is 0 Å². The van der Waals surface area contributed by atoms with E-state index < -0.39 is 0 Å². The molecule has 0 aliphatic carbocycles. The van der Waals surface area contributed by atoms with Gasteiger partial charge in [-0.2, -0.15) is 0 Å². The summed E-state index contributed by atoms with van der Waals surface area (Å²) < 4.78 is 0. The molecule has 0 fully saturated rings. The van der Waals surface area contributed by atoms with Crippen molar-refractivity contribution in [3.8, 4) is 0 Å². The lowest BCUT2D eigenvalue weighted by molar-refractivity contribution is 0.412. The first-order chi connectivity index (χ1) is 5.08. The molecule has 0 N–H and O–H groups in total. The molecule has 11 heavy (non-hydrogen) atoms. The summed E-state index contributed by atoms with van der Waals surface area (Å²) in [6.07, 6.45) is 6.06. The van der Waals surface area contributed by atoms with Gasteiger partial charge in [-0.1, -0.05) is 45.8 Å². The predicted octanol–water partition coefficient (Wildman–Crippen LogP) is 4.17. The fourth-order valence-electron chi connectivity index (χ4n) is 1.37. The zero-order valence-electron chi connectivity index (χ0n) is 8.70. The Morgan fingerprint density at radius 1 is 1.27 bits per heavy atom. The molecule has 0 nitrogen and oxygen atoms in total. The first-order valence-electron chi connectivity index (χ1n) is 4.74. The van der Waals surface area contributed by atoms with E-state index in [1.165, 1.54) is 19.3 Å². The summed E-state index contributed by atoms with van der Waals surface area (Å²) in [7, 11) is 0. The minimum Gasteiger partial charge on any atom is -0.0879 e. The Kier molecular flexibility index (Phi) is 4.48. The Hall–Kier alpha value is -0.260. The molecule has 0 aliphatic rings. The average Bonchev–Trinajstić information content (AvgIpc) is 2.00. The molecular formula is C11H22. The lowest BCUT2D eigenvalue weighted by Gasteiger charge is -2.26. The van der Waals surface area contributed by atoms with Crippen LogP contribution in [-0.2, 0) is 0 Å². The van der Waals surface area contributed by atoms with Crippen LogP contribution in [0.5, 0.6) is 0 Å². The van der Waals surface area contributed by atoms with Gasteiger partial charge in [-0.3, -0.25) is 0 Å². The van der Waals surface area contributed by atoms with Crippen molar-refractivity contribution in [3.63, 3.8) is 0 Å². The molecule has 0 heterocycles. The number of hydrogen-bond donors (Lipinski definition) is 0. The van der Waals surface area contributed by atoms with Gasteiger partial charge in [-0.05, 0) is 25.2 Å². The van der Waals surface area contributed by atoms with Gasteiger partial charge in [0.05, 0.1) is 0 Å². The zero-order valence-corrected chi connectivity index (χ0v) is 8.70. The molecule has 0 bridgehead atoms. The quantitative estimate of drug-likeness (QED) is 0.533. The number of rotatable bonds is 4. The minimum absolute atomic E-state index is 0.421. The molecular weight excluding hydrogens is 132 g/mol. The molecule has 0 radical (unpaired) electrons. The molecule has 0 aromatic carbocycles. The van der Waals surface area contributed by atoms with E-state index in [4.69, 9.17) is 0 Å². The predicted molar refractivity (Wildman–Crippen MR) is 52.7 cm³/mol. The lowest BCUT2D eigenvalue weighted by Crippen LogP contribution is -2.13. The molecule has 0 unspecified atom stereocenters. The molecule has 0 heteroatoms. The number of hydrogen-bond acceptors (Lipinski definition) is 0. The van der Waals surface area contributed by atoms with Crippen molar-refractivity contribution < 1.29 is 0 Å². The molecule has 0 aliphatic heterocycles. The maximum atomic E-state index is 2.33. The average molecular weight is 154 g/mol. The van der Waals surface area contributed by atoms with Crippen molar-refractivity contribution >= 4 is 0 Å². The highest BCUT2D eigenvalue weighted by Gasteiger charge is 2.18. The maximum Gasteiger partial charge on any atom is -0.0147 e. The fourth-order valence-corrected chi connectivity index (χ4v) is 1.37. The van der Waals surface area contributed by atoms with Crippen LogP contribution >= 0.6 is 0 Å².